The Balaban J connectivity index is 1.71. The molecule has 0 radical (unpaired) electrons. The minimum atomic E-state index is -3.72. The summed E-state index contributed by atoms with van der Waals surface area (Å²) < 4.78 is 47.6. The number of ether oxygens (including phenoxy) is 1. The van der Waals surface area contributed by atoms with E-state index in [9.17, 15) is 12.8 Å². The molecule has 6 nitrogen and oxygen atoms in total. The molecule has 8 heteroatoms. The molecule has 2 aromatic rings. The number of halogens is 1. The Labute approximate surface area is 134 Å². The lowest BCUT2D eigenvalue weighted by molar-refractivity contribution is 0.181. The van der Waals surface area contributed by atoms with Crippen LogP contribution < -0.4 is 4.72 Å². The molecule has 23 heavy (non-hydrogen) atoms. The van der Waals surface area contributed by atoms with E-state index in [1.165, 1.54) is 24.4 Å². The molecule has 1 fully saturated rings. The highest BCUT2D eigenvalue weighted by molar-refractivity contribution is 7.91. The van der Waals surface area contributed by atoms with E-state index in [1.807, 2.05) is 0 Å². The van der Waals surface area contributed by atoms with Gasteiger partial charge in [0.1, 0.15) is 11.6 Å². The Kier molecular flexibility index (Phi) is 4.63. The minimum absolute atomic E-state index is 0.134. The lowest BCUT2D eigenvalue weighted by atomic mass is 10.1. The third-order valence-electron chi connectivity index (χ3n) is 3.74. The van der Waals surface area contributed by atoms with Crippen LogP contribution in [0.5, 0.6) is 0 Å². The number of sulfonamides is 1. The van der Waals surface area contributed by atoms with Crippen molar-refractivity contribution in [3.63, 3.8) is 0 Å². The predicted octanol–water partition coefficient (Wildman–Crippen LogP) is 2.00. The van der Waals surface area contributed by atoms with Gasteiger partial charge in [-0.25, -0.2) is 17.5 Å². The molecule has 0 bridgehead atoms. The number of nitrogens with one attached hydrogen (secondary N) is 1. The number of benzene rings is 1. The molecule has 1 aliphatic heterocycles. The van der Waals surface area contributed by atoms with Gasteiger partial charge in [0.2, 0.25) is 10.0 Å². The lowest BCUT2D eigenvalue weighted by Crippen LogP contribution is -2.20. The zero-order valence-electron chi connectivity index (χ0n) is 12.5. The average Bonchev–Trinajstić information content (AvgIpc) is 3.14. The van der Waals surface area contributed by atoms with E-state index in [1.54, 1.807) is 16.8 Å². The van der Waals surface area contributed by atoms with Crippen LogP contribution in [0.3, 0.4) is 0 Å². The van der Waals surface area contributed by atoms with Crippen molar-refractivity contribution in [3.05, 3.63) is 47.9 Å². The molecule has 0 aliphatic carbocycles. The van der Waals surface area contributed by atoms with Gasteiger partial charge in [0.15, 0.2) is 0 Å². The molecule has 0 saturated carbocycles. The summed E-state index contributed by atoms with van der Waals surface area (Å²) in [5, 5.41) is 4.15. The summed E-state index contributed by atoms with van der Waals surface area (Å²) in [6, 6.07) is 7.43. The van der Waals surface area contributed by atoms with Crippen LogP contribution in [0.2, 0.25) is 0 Å². The van der Waals surface area contributed by atoms with Crippen LogP contribution >= 0.6 is 0 Å². The van der Waals surface area contributed by atoms with Crippen molar-refractivity contribution in [1.29, 1.82) is 0 Å². The Morgan fingerprint density at radius 2 is 2.17 bits per heavy atom. The van der Waals surface area contributed by atoms with Crippen molar-refractivity contribution in [1.82, 2.24) is 9.78 Å². The largest absolute Gasteiger partial charge is 0.381 e. The van der Waals surface area contributed by atoms with Gasteiger partial charge in [-0.3, -0.25) is 4.72 Å². The summed E-state index contributed by atoms with van der Waals surface area (Å²) in [5.74, 6) is -0.246. The Morgan fingerprint density at radius 3 is 2.91 bits per heavy atom. The van der Waals surface area contributed by atoms with E-state index in [0.29, 0.717) is 24.9 Å². The molecule has 2 heterocycles. The summed E-state index contributed by atoms with van der Waals surface area (Å²) in [6.07, 6.45) is 2.47. The first-order valence-electron chi connectivity index (χ1n) is 7.37. The van der Waals surface area contributed by atoms with Crippen LogP contribution in [0.15, 0.2) is 36.5 Å². The van der Waals surface area contributed by atoms with E-state index >= 15 is 0 Å². The zero-order valence-corrected chi connectivity index (χ0v) is 13.3. The molecule has 0 amide bonds. The van der Waals surface area contributed by atoms with Crippen LogP contribution in [0, 0.1) is 11.7 Å². The Morgan fingerprint density at radius 1 is 1.35 bits per heavy atom. The third-order valence-corrected chi connectivity index (χ3v) is 4.95. The van der Waals surface area contributed by atoms with Gasteiger partial charge in [0.25, 0.3) is 0 Å². The molecular weight excluding hydrogens is 321 g/mol. The highest BCUT2D eigenvalue weighted by atomic mass is 32.2. The smallest absolute Gasteiger partial charge is 0.238 e. The molecule has 1 atom stereocenters. The number of rotatable bonds is 6. The number of anilines is 1. The molecule has 0 unspecified atom stereocenters. The van der Waals surface area contributed by atoms with Crippen molar-refractivity contribution in [2.75, 3.05) is 17.9 Å². The molecule has 1 aromatic carbocycles. The van der Waals surface area contributed by atoms with Crippen LogP contribution in [0.1, 0.15) is 12.0 Å². The van der Waals surface area contributed by atoms with Crippen molar-refractivity contribution >= 4 is 15.8 Å². The fourth-order valence-corrected chi connectivity index (χ4v) is 3.76. The summed E-state index contributed by atoms with van der Waals surface area (Å²) in [5.41, 5.74) is 0.134. The fourth-order valence-electron chi connectivity index (χ4n) is 2.55. The second-order valence-electron chi connectivity index (χ2n) is 5.58. The van der Waals surface area contributed by atoms with Gasteiger partial charge in [0.05, 0.1) is 18.6 Å². The van der Waals surface area contributed by atoms with Gasteiger partial charge in [0, 0.05) is 30.7 Å². The van der Waals surface area contributed by atoms with Gasteiger partial charge in [-0.2, -0.15) is 5.10 Å². The van der Waals surface area contributed by atoms with Crippen LogP contribution in [0.4, 0.5) is 10.2 Å². The molecule has 3 rings (SSSR count). The Bertz CT molecular complexity index is 770. The normalized spacial score (nSPS) is 18.2. The summed E-state index contributed by atoms with van der Waals surface area (Å²) in [6.45, 7) is 1.96. The van der Waals surface area contributed by atoms with Crippen LogP contribution in [-0.2, 0) is 27.1 Å². The predicted molar refractivity (Wildman–Crippen MR) is 83.8 cm³/mol. The van der Waals surface area contributed by atoms with Crippen molar-refractivity contribution < 1.29 is 17.5 Å². The SMILES string of the molecule is O=S(=O)(Cc1ccccc1F)Nc1ccnn1C[C@H]1CCOC1. The maximum Gasteiger partial charge on any atom is 0.238 e. The monoisotopic (exact) mass is 339 g/mol. The van der Waals surface area contributed by atoms with E-state index in [2.05, 4.69) is 9.82 Å². The molecule has 1 aliphatic rings. The zero-order chi connectivity index (χ0) is 16.3. The number of hydrogen-bond donors (Lipinski definition) is 1. The summed E-state index contributed by atoms with van der Waals surface area (Å²) >= 11 is 0. The summed E-state index contributed by atoms with van der Waals surface area (Å²) in [4.78, 5) is 0. The maximum absolute atomic E-state index is 13.6. The second kappa shape index (κ2) is 6.67. The van der Waals surface area contributed by atoms with E-state index < -0.39 is 21.6 Å². The molecule has 1 saturated heterocycles. The summed E-state index contributed by atoms with van der Waals surface area (Å²) in [7, 11) is -3.72. The molecule has 1 aromatic heterocycles. The van der Waals surface area contributed by atoms with Crippen LogP contribution in [-0.4, -0.2) is 31.4 Å². The Hall–Kier alpha value is -1.93. The maximum atomic E-state index is 13.6. The third kappa shape index (κ3) is 4.08. The molecule has 124 valence electrons. The fraction of sp³-hybridized carbons (Fsp3) is 0.400. The topological polar surface area (TPSA) is 73.2 Å². The molecular formula is C15H18FN3O3S. The van der Waals surface area contributed by atoms with Gasteiger partial charge < -0.3 is 4.74 Å². The van der Waals surface area contributed by atoms with Gasteiger partial charge in [-0.1, -0.05) is 18.2 Å². The van der Waals surface area contributed by atoms with Crippen molar-refractivity contribution in [2.45, 2.75) is 18.7 Å². The molecule has 1 N–H and O–H groups in total. The highest BCUT2D eigenvalue weighted by Gasteiger charge is 2.20. The van der Waals surface area contributed by atoms with E-state index in [0.717, 1.165) is 13.0 Å². The minimum Gasteiger partial charge on any atom is -0.381 e. The number of aromatic nitrogens is 2. The number of nitrogens with zero attached hydrogens (tertiary/aromatic N) is 2. The van der Waals surface area contributed by atoms with Gasteiger partial charge in [-0.15, -0.1) is 0 Å². The van der Waals surface area contributed by atoms with E-state index in [4.69, 9.17) is 4.74 Å². The van der Waals surface area contributed by atoms with Crippen molar-refractivity contribution in [2.24, 2.45) is 5.92 Å². The standard InChI is InChI=1S/C15H18FN3O3S/c16-14-4-2-1-3-13(14)11-23(20,21)18-15-5-7-17-19(15)9-12-6-8-22-10-12/h1-5,7,12,18H,6,8-11H2/t12-/m1/s1. The van der Waals surface area contributed by atoms with Crippen molar-refractivity contribution in [3.8, 4) is 0 Å². The highest BCUT2D eigenvalue weighted by Crippen LogP contribution is 2.19. The lowest BCUT2D eigenvalue weighted by Gasteiger charge is -2.13. The second-order valence-corrected chi connectivity index (χ2v) is 7.30. The first-order chi connectivity index (χ1) is 11.0. The average molecular weight is 339 g/mol. The quantitative estimate of drug-likeness (QED) is 0.874. The molecule has 0 spiro atoms. The van der Waals surface area contributed by atoms with Crippen LogP contribution in [0.25, 0.3) is 0 Å². The first-order valence-corrected chi connectivity index (χ1v) is 9.02. The first kappa shape index (κ1) is 15.9. The van der Waals surface area contributed by atoms with Gasteiger partial charge >= 0.3 is 0 Å². The van der Waals surface area contributed by atoms with E-state index in [-0.39, 0.29) is 5.56 Å². The van der Waals surface area contributed by atoms with Gasteiger partial charge in [-0.05, 0) is 12.5 Å². The number of hydrogen-bond acceptors (Lipinski definition) is 4.